The fourth-order valence-corrected chi connectivity index (χ4v) is 8.05. The predicted octanol–water partition coefficient (Wildman–Crippen LogP) is 12.7. The summed E-state index contributed by atoms with van der Waals surface area (Å²) in [6, 6.07) is 61.8. The van der Waals surface area contributed by atoms with E-state index in [2.05, 4.69) is 168 Å². The SMILES string of the molecule is c1ccc(-c2cccc(-c3nc(-c4ccc5c6c(cccc46)-c4cc(-n6c7ccccc7c7ccccc76)ccc4O5)nc4ccccc34)c2)cc1. The molecule has 52 heavy (non-hydrogen) atoms. The van der Waals surface area contributed by atoms with E-state index in [9.17, 15) is 0 Å². The molecule has 0 aliphatic carbocycles. The molecule has 2 aromatic heterocycles. The molecule has 11 rings (SSSR count). The third-order valence-electron chi connectivity index (χ3n) is 10.4. The van der Waals surface area contributed by atoms with Crippen LogP contribution in [0.15, 0.2) is 176 Å². The van der Waals surface area contributed by atoms with Gasteiger partial charge >= 0.3 is 0 Å². The summed E-state index contributed by atoms with van der Waals surface area (Å²) < 4.78 is 9.01. The highest BCUT2D eigenvalue weighted by atomic mass is 16.5. The van der Waals surface area contributed by atoms with Crippen LogP contribution in [0.2, 0.25) is 0 Å². The summed E-state index contributed by atoms with van der Waals surface area (Å²) in [5.74, 6) is 2.37. The second-order valence-electron chi connectivity index (χ2n) is 13.4. The van der Waals surface area contributed by atoms with Crippen LogP contribution in [0.25, 0.3) is 94.1 Å². The standard InChI is InChI=1S/C48H29N3O/c1-2-12-30(13-3-1)31-14-10-15-32(28-31)47-39-18-4-7-21-41(39)49-48(50-47)38-25-27-45-46-36(38)19-11-20-37(46)40-29-33(24-26-44(40)52-45)51-42-22-8-5-16-34(42)35-17-6-9-23-43(35)51/h1-29H. The number of fused-ring (bicyclic) bond motifs is 6. The topological polar surface area (TPSA) is 39.9 Å². The van der Waals surface area contributed by atoms with Crippen molar-refractivity contribution in [2.45, 2.75) is 0 Å². The van der Waals surface area contributed by atoms with E-state index in [4.69, 9.17) is 14.7 Å². The lowest BCUT2D eigenvalue weighted by Crippen LogP contribution is -2.01. The summed E-state index contributed by atoms with van der Waals surface area (Å²) in [4.78, 5) is 10.5. The van der Waals surface area contributed by atoms with Crippen LogP contribution >= 0.6 is 0 Å². The number of hydrogen-bond acceptors (Lipinski definition) is 3. The average Bonchev–Trinajstić information content (AvgIpc) is 3.55. The van der Waals surface area contributed by atoms with Gasteiger partial charge in [0.05, 0.1) is 22.2 Å². The highest BCUT2D eigenvalue weighted by Crippen LogP contribution is 2.49. The second kappa shape index (κ2) is 11.2. The summed E-state index contributed by atoms with van der Waals surface area (Å²) in [6.45, 7) is 0. The molecule has 0 saturated heterocycles. The van der Waals surface area contributed by atoms with Crippen molar-refractivity contribution in [3.8, 4) is 62.1 Å². The van der Waals surface area contributed by atoms with Gasteiger partial charge < -0.3 is 9.30 Å². The molecule has 0 radical (unpaired) electrons. The zero-order valence-corrected chi connectivity index (χ0v) is 28.0. The summed E-state index contributed by atoms with van der Waals surface area (Å²) in [6.07, 6.45) is 0. The number of para-hydroxylation sites is 3. The zero-order chi connectivity index (χ0) is 34.2. The van der Waals surface area contributed by atoms with Gasteiger partial charge in [-0.1, -0.05) is 121 Å². The van der Waals surface area contributed by atoms with Gasteiger partial charge in [-0.05, 0) is 76.7 Å². The van der Waals surface area contributed by atoms with Crippen molar-refractivity contribution < 1.29 is 4.74 Å². The summed E-state index contributed by atoms with van der Waals surface area (Å²) in [7, 11) is 0. The lowest BCUT2D eigenvalue weighted by atomic mass is 9.92. The quantitative estimate of drug-likeness (QED) is 0.188. The Morgan fingerprint density at radius 3 is 1.88 bits per heavy atom. The molecule has 0 saturated carbocycles. The molecule has 4 heteroatoms. The van der Waals surface area contributed by atoms with Gasteiger partial charge in [-0.15, -0.1) is 0 Å². The molecule has 10 aromatic rings. The Hall–Kier alpha value is -7.04. The summed E-state index contributed by atoms with van der Waals surface area (Å²) in [5.41, 5.74) is 11.8. The Morgan fingerprint density at radius 1 is 0.404 bits per heavy atom. The zero-order valence-electron chi connectivity index (χ0n) is 28.0. The van der Waals surface area contributed by atoms with Crippen LogP contribution in [0.5, 0.6) is 11.5 Å². The molecule has 1 aliphatic heterocycles. The first-order valence-electron chi connectivity index (χ1n) is 17.6. The Balaban J connectivity index is 1.09. The van der Waals surface area contributed by atoms with Gasteiger partial charge in [-0.3, -0.25) is 0 Å². The maximum absolute atomic E-state index is 6.66. The number of benzene rings is 8. The third-order valence-corrected chi connectivity index (χ3v) is 10.4. The van der Waals surface area contributed by atoms with Crippen molar-refractivity contribution in [2.75, 3.05) is 0 Å². The third kappa shape index (κ3) is 4.34. The minimum absolute atomic E-state index is 0.687. The maximum Gasteiger partial charge on any atom is 0.161 e. The van der Waals surface area contributed by atoms with E-state index >= 15 is 0 Å². The van der Waals surface area contributed by atoms with Crippen LogP contribution in [-0.2, 0) is 0 Å². The first kappa shape index (κ1) is 28.8. The Morgan fingerprint density at radius 2 is 1.06 bits per heavy atom. The van der Waals surface area contributed by atoms with Crippen LogP contribution in [-0.4, -0.2) is 14.5 Å². The van der Waals surface area contributed by atoms with E-state index in [0.29, 0.717) is 5.82 Å². The minimum Gasteiger partial charge on any atom is -0.456 e. The molecule has 0 atom stereocenters. The van der Waals surface area contributed by atoms with E-state index in [1.54, 1.807) is 0 Å². The van der Waals surface area contributed by atoms with Crippen molar-refractivity contribution in [3.63, 3.8) is 0 Å². The van der Waals surface area contributed by atoms with E-state index in [0.717, 1.165) is 72.4 Å². The van der Waals surface area contributed by atoms with Crippen molar-refractivity contribution in [1.82, 2.24) is 14.5 Å². The van der Waals surface area contributed by atoms with Gasteiger partial charge in [0.25, 0.3) is 0 Å². The van der Waals surface area contributed by atoms with E-state index < -0.39 is 0 Å². The molecule has 0 N–H and O–H groups in total. The van der Waals surface area contributed by atoms with Crippen LogP contribution in [0.3, 0.4) is 0 Å². The molecule has 3 heterocycles. The number of aromatic nitrogens is 3. The average molecular weight is 664 g/mol. The van der Waals surface area contributed by atoms with E-state index in [-0.39, 0.29) is 0 Å². The molecule has 0 unspecified atom stereocenters. The van der Waals surface area contributed by atoms with Crippen LogP contribution in [0.4, 0.5) is 0 Å². The van der Waals surface area contributed by atoms with Gasteiger partial charge in [0.1, 0.15) is 11.5 Å². The molecular weight excluding hydrogens is 635 g/mol. The maximum atomic E-state index is 6.66. The molecule has 4 nitrogen and oxygen atoms in total. The largest absolute Gasteiger partial charge is 0.456 e. The van der Waals surface area contributed by atoms with Gasteiger partial charge in [0.2, 0.25) is 0 Å². The Bertz CT molecular complexity index is 3000. The van der Waals surface area contributed by atoms with Crippen molar-refractivity contribution in [3.05, 3.63) is 176 Å². The summed E-state index contributed by atoms with van der Waals surface area (Å²) >= 11 is 0. The monoisotopic (exact) mass is 663 g/mol. The molecule has 1 aliphatic rings. The molecule has 8 aromatic carbocycles. The Kier molecular flexibility index (Phi) is 6.22. The Labute approximate surface area is 299 Å². The number of ether oxygens (including phenoxy) is 1. The van der Waals surface area contributed by atoms with Gasteiger partial charge in [-0.25, -0.2) is 9.97 Å². The molecule has 0 bridgehead atoms. The highest BCUT2D eigenvalue weighted by molar-refractivity contribution is 6.11. The lowest BCUT2D eigenvalue weighted by molar-refractivity contribution is 0.487. The molecule has 0 amide bonds. The first-order valence-corrected chi connectivity index (χ1v) is 17.6. The van der Waals surface area contributed by atoms with Crippen molar-refractivity contribution in [1.29, 1.82) is 0 Å². The molecular formula is C48H29N3O. The fraction of sp³-hybridized carbons (Fsp3) is 0. The van der Waals surface area contributed by atoms with Crippen LogP contribution in [0, 0.1) is 0 Å². The van der Waals surface area contributed by atoms with E-state index in [1.807, 2.05) is 12.1 Å². The van der Waals surface area contributed by atoms with Crippen molar-refractivity contribution >= 4 is 43.5 Å². The van der Waals surface area contributed by atoms with Crippen LogP contribution in [0.1, 0.15) is 0 Å². The molecule has 0 fully saturated rings. The minimum atomic E-state index is 0.687. The first-order chi connectivity index (χ1) is 25.8. The second-order valence-corrected chi connectivity index (χ2v) is 13.4. The van der Waals surface area contributed by atoms with E-state index in [1.165, 1.54) is 27.4 Å². The lowest BCUT2D eigenvalue weighted by Gasteiger charge is -2.23. The van der Waals surface area contributed by atoms with Crippen LogP contribution < -0.4 is 4.74 Å². The van der Waals surface area contributed by atoms with Gasteiger partial charge in [0.15, 0.2) is 5.82 Å². The van der Waals surface area contributed by atoms with Gasteiger partial charge in [0, 0.05) is 43.9 Å². The predicted molar refractivity (Wildman–Crippen MR) is 213 cm³/mol. The molecule has 0 spiro atoms. The summed E-state index contributed by atoms with van der Waals surface area (Å²) in [5, 5.41) is 5.63. The smallest absolute Gasteiger partial charge is 0.161 e. The normalized spacial score (nSPS) is 12.0. The molecule has 242 valence electrons. The highest BCUT2D eigenvalue weighted by Gasteiger charge is 2.24. The van der Waals surface area contributed by atoms with Crippen molar-refractivity contribution in [2.24, 2.45) is 0 Å². The fourth-order valence-electron chi connectivity index (χ4n) is 8.05. The van der Waals surface area contributed by atoms with Gasteiger partial charge in [-0.2, -0.15) is 0 Å². The number of nitrogens with zero attached hydrogens (tertiary/aromatic N) is 3. The number of rotatable bonds is 4. The number of hydrogen-bond donors (Lipinski definition) is 0.